The molecule has 9 nitrogen and oxygen atoms in total. The van der Waals surface area contributed by atoms with Gasteiger partial charge in [-0.3, -0.25) is 9.59 Å². The summed E-state index contributed by atoms with van der Waals surface area (Å²) in [4.78, 5) is 46.8. The number of amides is 2. The molecule has 0 unspecified atom stereocenters. The van der Waals surface area contributed by atoms with E-state index in [1.165, 1.54) is 20.4 Å². The van der Waals surface area contributed by atoms with Crippen LogP contribution in [0.4, 0.5) is 5.82 Å². The summed E-state index contributed by atoms with van der Waals surface area (Å²) >= 11 is 0. The summed E-state index contributed by atoms with van der Waals surface area (Å²) in [6.07, 6.45) is 3.12. The first-order chi connectivity index (χ1) is 16.4. The molecule has 0 saturated heterocycles. The molecule has 178 valence electrons. The minimum absolute atomic E-state index is 0.00236. The number of rotatable bonds is 8. The van der Waals surface area contributed by atoms with Gasteiger partial charge in [-0.05, 0) is 51.0 Å². The topological polar surface area (TPSA) is 114 Å². The molecule has 2 aromatic heterocycles. The van der Waals surface area contributed by atoms with E-state index in [1.807, 2.05) is 13.8 Å². The smallest absolute Gasteiger partial charge is 0.340 e. The Balaban J connectivity index is 1.80. The molecule has 0 radical (unpaired) electrons. The van der Waals surface area contributed by atoms with Gasteiger partial charge in [-0.15, -0.1) is 0 Å². The number of nitrogens with one attached hydrogen (secondary N) is 2. The maximum atomic E-state index is 12.8. The fraction of sp³-hybridized carbons (Fsp3) is 0.360. The molecule has 0 aliphatic heterocycles. The van der Waals surface area contributed by atoms with E-state index in [2.05, 4.69) is 15.3 Å². The third-order valence-corrected chi connectivity index (χ3v) is 6.05. The zero-order valence-corrected chi connectivity index (χ0v) is 19.7. The first kappa shape index (κ1) is 23.3. The van der Waals surface area contributed by atoms with Gasteiger partial charge in [-0.25, -0.2) is 9.78 Å². The van der Waals surface area contributed by atoms with Gasteiger partial charge < -0.3 is 24.7 Å². The van der Waals surface area contributed by atoms with Crippen LogP contribution in [0, 0.1) is 5.92 Å². The Kier molecular flexibility index (Phi) is 6.54. The number of H-pyrrole nitrogens is 1. The number of fused-ring (bicyclic) bond motifs is 1. The second-order valence-electron chi connectivity index (χ2n) is 8.14. The molecular formula is C25H28N4O5. The second-order valence-corrected chi connectivity index (χ2v) is 8.14. The summed E-state index contributed by atoms with van der Waals surface area (Å²) in [7, 11) is 2.84. The van der Waals surface area contributed by atoms with E-state index < -0.39 is 5.97 Å². The number of pyridine rings is 1. The van der Waals surface area contributed by atoms with E-state index in [4.69, 9.17) is 9.47 Å². The minimum Gasteiger partial charge on any atom is -0.496 e. The van der Waals surface area contributed by atoms with Crippen LogP contribution in [0.25, 0.3) is 22.2 Å². The number of aromatic nitrogens is 2. The van der Waals surface area contributed by atoms with Crippen LogP contribution in [0.15, 0.2) is 30.5 Å². The summed E-state index contributed by atoms with van der Waals surface area (Å²) in [6.45, 7) is 5.09. The van der Waals surface area contributed by atoms with E-state index in [1.54, 1.807) is 29.2 Å². The van der Waals surface area contributed by atoms with E-state index in [-0.39, 0.29) is 23.3 Å². The van der Waals surface area contributed by atoms with Crippen LogP contribution in [0.2, 0.25) is 0 Å². The molecule has 0 bridgehead atoms. The maximum absolute atomic E-state index is 12.8. The average Bonchev–Trinajstić information content (AvgIpc) is 3.62. The van der Waals surface area contributed by atoms with Gasteiger partial charge in [0.1, 0.15) is 5.75 Å². The average molecular weight is 465 g/mol. The molecule has 1 aromatic carbocycles. The highest BCUT2D eigenvalue weighted by Crippen LogP contribution is 2.36. The van der Waals surface area contributed by atoms with Crippen LogP contribution in [0.1, 0.15) is 47.4 Å². The summed E-state index contributed by atoms with van der Waals surface area (Å²) in [6, 6.07) is 7.05. The van der Waals surface area contributed by atoms with Crippen molar-refractivity contribution in [3.05, 3.63) is 41.6 Å². The van der Waals surface area contributed by atoms with Crippen molar-refractivity contribution in [2.45, 2.75) is 26.7 Å². The third kappa shape index (κ3) is 4.33. The zero-order chi connectivity index (χ0) is 24.4. The molecule has 1 saturated carbocycles. The van der Waals surface area contributed by atoms with Gasteiger partial charge >= 0.3 is 5.97 Å². The molecule has 2 amide bonds. The minimum atomic E-state index is -0.532. The second kappa shape index (κ2) is 9.54. The lowest BCUT2D eigenvalue weighted by molar-refractivity contribution is -0.117. The van der Waals surface area contributed by atoms with Crippen LogP contribution in [0.3, 0.4) is 0 Å². The van der Waals surface area contributed by atoms with Crippen LogP contribution in [-0.4, -0.2) is 60.0 Å². The number of nitrogens with zero attached hydrogens (tertiary/aromatic N) is 2. The van der Waals surface area contributed by atoms with Crippen molar-refractivity contribution in [1.29, 1.82) is 0 Å². The molecule has 1 fully saturated rings. The largest absolute Gasteiger partial charge is 0.496 e. The van der Waals surface area contributed by atoms with Gasteiger partial charge in [-0.1, -0.05) is 0 Å². The number of benzene rings is 1. The predicted octanol–water partition coefficient (Wildman–Crippen LogP) is 3.86. The summed E-state index contributed by atoms with van der Waals surface area (Å²) in [5, 5.41) is 3.42. The molecular weight excluding hydrogens is 436 g/mol. The Morgan fingerprint density at radius 3 is 2.50 bits per heavy atom. The number of carbonyl (C=O) groups is 3. The first-order valence-electron chi connectivity index (χ1n) is 11.3. The number of methoxy groups -OCH3 is 2. The van der Waals surface area contributed by atoms with Gasteiger partial charge in [0, 0.05) is 41.7 Å². The van der Waals surface area contributed by atoms with Crippen molar-refractivity contribution in [1.82, 2.24) is 14.9 Å². The fourth-order valence-electron chi connectivity index (χ4n) is 3.93. The van der Waals surface area contributed by atoms with E-state index in [0.29, 0.717) is 52.4 Å². The monoisotopic (exact) mass is 464 g/mol. The van der Waals surface area contributed by atoms with Crippen molar-refractivity contribution in [2.24, 2.45) is 5.92 Å². The lowest BCUT2D eigenvalue weighted by Gasteiger charge is -2.19. The SMILES string of the molecule is CCN(CC)C(=O)c1ccc(-c2cc3c(C(=O)OC)cnc(NC(=O)C4CC4)c3[nH]2)c(OC)c1. The van der Waals surface area contributed by atoms with E-state index >= 15 is 0 Å². The summed E-state index contributed by atoms with van der Waals surface area (Å²) in [5.74, 6) is 0.151. The number of carbonyl (C=O) groups excluding carboxylic acids is 3. The molecule has 4 rings (SSSR count). The normalized spacial score (nSPS) is 12.9. The predicted molar refractivity (Wildman–Crippen MR) is 128 cm³/mol. The van der Waals surface area contributed by atoms with E-state index in [0.717, 1.165) is 12.8 Å². The Hall–Kier alpha value is -3.88. The number of aromatic amines is 1. The zero-order valence-electron chi connectivity index (χ0n) is 19.7. The molecule has 2 heterocycles. The van der Waals surface area contributed by atoms with Crippen molar-refractivity contribution in [3.8, 4) is 17.0 Å². The van der Waals surface area contributed by atoms with Crippen LogP contribution < -0.4 is 10.1 Å². The molecule has 1 aliphatic carbocycles. The molecule has 0 atom stereocenters. The molecule has 34 heavy (non-hydrogen) atoms. The molecule has 2 N–H and O–H groups in total. The summed E-state index contributed by atoms with van der Waals surface area (Å²) < 4.78 is 10.5. The van der Waals surface area contributed by atoms with Crippen molar-refractivity contribution in [3.63, 3.8) is 0 Å². The first-order valence-corrected chi connectivity index (χ1v) is 11.3. The molecule has 1 aliphatic rings. The van der Waals surface area contributed by atoms with Crippen LogP contribution >= 0.6 is 0 Å². The number of esters is 1. The highest BCUT2D eigenvalue weighted by molar-refractivity contribution is 6.10. The number of ether oxygens (including phenoxy) is 2. The third-order valence-electron chi connectivity index (χ3n) is 6.05. The van der Waals surface area contributed by atoms with Gasteiger partial charge in [0.2, 0.25) is 5.91 Å². The Morgan fingerprint density at radius 1 is 1.15 bits per heavy atom. The van der Waals surface area contributed by atoms with E-state index in [9.17, 15) is 14.4 Å². The lowest BCUT2D eigenvalue weighted by atomic mass is 10.1. The van der Waals surface area contributed by atoms with Gasteiger partial charge in [0.25, 0.3) is 5.91 Å². The molecule has 0 spiro atoms. The van der Waals surface area contributed by atoms with Crippen LogP contribution in [-0.2, 0) is 9.53 Å². The number of hydrogen-bond acceptors (Lipinski definition) is 6. The summed E-state index contributed by atoms with van der Waals surface area (Å²) in [5.41, 5.74) is 2.66. The van der Waals surface area contributed by atoms with Gasteiger partial charge in [0.15, 0.2) is 5.82 Å². The van der Waals surface area contributed by atoms with Gasteiger partial charge in [0.05, 0.1) is 31.0 Å². The lowest BCUT2D eigenvalue weighted by Crippen LogP contribution is -2.30. The Labute approximate surface area is 197 Å². The van der Waals surface area contributed by atoms with Crippen LogP contribution in [0.5, 0.6) is 5.75 Å². The number of anilines is 1. The molecule has 3 aromatic rings. The quantitative estimate of drug-likeness (QED) is 0.490. The standard InChI is InChI=1S/C25H28N4O5/c1-5-29(6-2)24(31)15-9-10-16(20(11-15)33-3)19-12-17-18(25(32)34-4)13-26-22(21(17)27-19)28-23(30)14-7-8-14/h9-14,27H,5-8H2,1-4H3,(H,26,28,30). The Bertz CT molecular complexity index is 1260. The van der Waals surface area contributed by atoms with Crippen molar-refractivity contribution in [2.75, 3.05) is 32.6 Å². The van der Waals surface area contributed by atoms with Crippen molar-refractivity contribution >= 4 is 34.5 Å². The fourth-order valence-corrected chi connectivity index (χ4v) is 3.93. The van der Waals surface area contributed by atoms with Gasteiger partial charge in [-0.2, -0.15) is 0 Å². The number of hydrogen-bond donors (Lipinski definition) is 2. The maximum Gasteiger partial charge on any atom is 0.340 e. The Morgan fingerprint density at radius 2 is 1.88 bits per heavy atom. The molecule has 9 heteroatoms. The van der Waals surface area contributed by atoms with Crippen molar-refractivity contribution < 1.29 is 23.9 Å². The highest BCUT2D eigenvalue weighted by Gasteiger charge is 2.30. The highest BCUT2D eigenvalue weighted by atomic mass is 16.5.